The fourth-order valence-corrected chi connectivity index (χ4v) is 4.12. The van der Waals surface area contributed by atoms with Gasteiger partial charge in [-0.05, 0) is 52.2 Å². The minimum atomic E-state index is 0.138. The molecule has 3 saturated heterocycles. The first-order chi connectivity index (χ1) is 11.6. The number of carbonyl (C=O) groups excluding carboxylic acids is 2. The lowest BCUT2D eigenvalue weighted by molar-refractivity contribution is -0.140. The van der Waals surface area contributed by atoms with Gasteiger partial charge in [0.15, 0.2) is 0 Å². The second-order valence-corrected chi connectivity index (χ2v) is 7.62. The smallest absolute Gasteiger partial charge is 0.236 e. The van der Waals surface area contributed by atoms with Crippen molar-refractivity contribution in [3.05, 3.63) is 0 Å². The molecule has 3 fully saturated rings. The SMILES string of the molecule is CN1CCCN(CC(=O)N2CCC(C(=O)N3CCCC3)CC2)CC1. The molecule has 3 heterocycles. The first-order valence-corrected chi connectivity index (χ1v) is 9.61. The quantitative estimate of drug-likeness (QED) is 0.752. The summed E-state index contributed by atoms with van der Waals surface area (Å²) in [5.41, 5.74) is 0. The van der Waals surface area contributed by atoms with E-state index in [1.54, 1.807) is 0 Å². The summed E-state index contributed by atoms with van der Waals surface area (Å²) in [6, 6.07) is 0. The van der Waals surface area contributed by atoms with Crippen LogP contribution in [-0.2, 0) is 9.59 Å². The number of likely N-dealkylation sites (N-methyl/N-ethyl adjacent to an activating group) is 1. The molecule has 0 spiro atoms. The van der Waals surface area contributed by atoms with Crippen molar-refractivity contribution in [1.29, 1.82) is 0 Å². The maximum absolute atomic E-state index is 12.6. The molecule has 3 rings (SSSR count). The van der Waals surface area contributed by atoms with Gasteiger partial charge >= 0.3 is 0 Å². The lowest BCUT2D eigenvalue weighted by Gasteiger charge is -2.34. The number of hydrogen-bond acceptors (Lipinski definition) is 4. The predicted octanol–water partition coefficient (Wildman–Crippen LogP) is 0.485. The Morgan fingerprint density at radius 3 is 2.21 bits per heavy atom. The minimum absolute atomic E-state index is 0.138. The molecule has 3 aliphatic heterocycles. The zero-order chi connectivity index (χ0) is 16.9. The van der Waals surface area contributed by atoms with E-state index in [1.807, 2.05) is 9.80 Å². The van der Waals surface area contributed by atoms with Gasteiger partial charge in [0.1, 0.15) is 0 Å². The molecule has 0 saturated carbocycles. The van der Waals surface area contributed by atoms with E-state index < -0.39 is 0 Å². The monoisotopic (exact) mass is 336 g/mol. The maximum Gasteiger partial charge on any atom is 0.236 e. The first kappa shape index (κ1) is 17.7. The highest BCUT2D eigenvalue weighted by Crippen LogP contribution is 2.22. The van der Waals surface area contributed by atoms with Gasteiger partial charge in [-0.3, -0.25) is 14.5 Å². The third kappa shape index (κ3) is 4.48. The van der Waals surface area contributed by atoms with Gasteiger partial charge in [-0.2, -0.15) is 0 Å². The summed E-state index contributed by atoms with van der Waals surface area (Å²) in [6.07, 6.45) is 5.10. The molecule has 0 aromatic rings. The van der Waals surface area contributed by atoms with Gasteiger partial charge in [-0.25, -0.2) is 0 Å². The summed E-state index contributed by atoms with van der Waals surface area (Å²) >= 11 is 0. The van der Waals surface area contributed by atoms with Gasteiger partial charge in [0, 0.05) is 45.2 Å². The molecule has 0 bridgehead atoms. The van der Waals surface area contributed by atoms with Crippen molar-refractivity contribution in [2.75, 3.05) is 66.0 Å². The van der Waals surface area contributed by atoms with Crippen molar-refractivity contribution in [2.45, 2.75) is 32.1 Å². The number of rotatable bonds is 3. The largest absolute Gasteiger partial charge is 0.342 e. The van der Waals surface area contributed by atoms with Crippen molar-refractivity contribution >= 4 is 11.8 Å². The maximum atomic E-state index is 12.6. The normalized spacial score (nSPS) is 25.0. The molecule has 0 aromatic heterocycles. The van der Waals surface area contributed by atoms with E-state index in [9.17, 15) is 9.59 Å². The molecule has 24 heavy (non-hydrogen) atoms. The number of amides is 2. The van der Waals surface area contributed by atoms with Crippen LogP contribution in [0.3, 0.4) is 0 Å². The van der Waals surface area contributed by atoms with Crippen LogP contribution in [0.5, 0.6) is 0 Å². The van der Waals surface area contributed by atoms with Gasteiger partial charge in [0.2, 0.25) is 11.8 Å². The van der Waals surface area contributed by atoms with Gasteiger partial charge in [0.25, 0.3) is 0 Å². The molecule has 136 valence electrons. The third-order valence-corrected chi connectivity index (χ3v) is 5.79. The molecule has 3 aliphatic rings. The molecular formula is C18H32N4O2. The molecule has 0 aliphatic carbocycles. The second kappa shape index (κ2) is 8.30. The Morgan fingerprint density at radius 2 is 1.50 bits per heavy atom. The van der Waals surface area contributed by atoms with Crippen LogP contribution in [0.15, 0.2) is 0 Å². The summed E-state index contributed by atoms with van der Waals surface area (Å²) in [7, 11) is 2.15. The second-order valence-electron chi connectivity index (χ2n) is 7.62. The predicted molar refractivity (Wildman–Crippen MR) is 93.7 cm³/mol. The average molecular weight is 336 g/mol. The standard InChI is InChI=1S/C18H32N4O2/c1-19-7-4-8-20(14-13-19)15-17(23)21-11-5-16(6-12-21)18(24)22-9-2-3-10-22/h16H,2-15H2,1H3. The van der Waals surface area contributed by atoms with E-state index in [-0.39, 0.29) is 11.8 Å². The van der Waals surface area contributed by atoms with Crippen LogP contribution in [0.25, 0.3) is 0 Å². The molecule has 0 atom stereocenters. The molecule has 0 N–H and O–H groups in total. The van der Waals surface area contributed by atoms with Crippen molar-refractivity contribution in [3.8, 4) is 0 Å². The molecular weight excluding hydrogens is 304 g/mol. The van der Waals surface area contributed by atoms with Gasteiger partial charge < -0.3 is 14.7 Å². The highest BCUT2D eigenvalue weighted by atomic mass is 16.2. The van der Waals surface area contributed by atoms with Crippen LogP contribution < -0.4 is 0 Å². The molecule has 2 amide bonds. The number of piperidine rings is 1. The van der Waals surface area contributed by atoms with E-state index in [2.05, 4.69) is 16.8 Å². The molecule has 0 radical (unpaired) electrons. The summed E-state index contributed by atoms with van der Waals surface area (Å²) in [6.45, 7) is 8.05. The van der Waals surface area contributed by atoms with Crippen LogP contribution in [0, 0.1) is 5.92 Å². The average Bonchev–Trinajstić information content (AvgIpc) is 3.06. The van der Waals surface area contributed by atoms with E-state index in [0.29, 0.717) is 12.5 Å². The Labute approximate surface area is 145 Å². The van der Waals surface area contributed by atoms with Crippen LogP contribution in [0.1, 0.15) is 32.1 Å². The summed E-state index contributed by atoms with van der Waals surface area (Å²) in [4.78, 5) is 33.7. The van der Waals surface area contributed by atoms with Crippen molar-refractivity contribution in [1.82, 2.24) is 19.6 Å². The van der Waals surface area contributed by atoms with Crippen molar-refractivity contribution in [2.24, 2.45) is 5.92 Å². The number of carbonyl (C=O) groups is 2. The summed E-state index contributed by atoms with van der Waals surface area (Å²) in [5, 5.41) is 0. The van der Waals surface area contributed by atoms with E-state index in [1.165, 1.54) is 0 Å². The van der Waals surface area contributed by atoms with Gasteiger partial charge in [0.05, 0.1) is 6.54 Å². The Bertz CT molecular complexity index is 442. The van der Waals surface area contributed by atoms with Crippen LogP contribution in [0.2, 0.25) is 0 Å². The Kier molecular flexibility index (Phi) is 6.11. The minimum Gasteiger partial charge on any atom is -0.342 e. The van der Waals surface area contributed by atoms with Crippen LogP contribution >= 0.6 is 0 Å². The van der Waals surface area contributed by atoms with Crippen molar-refractivity contribution < 1.29 is 9.59 Å². The van der Waals surface area contributed by atoms with Crippen LogP contribution in [0.4, 0.5) is 0 Å². The molecule has 6 heteroatoms. The fraction of sp³-hybridized carbons (Fsp3) is 0.889. The van der Waals surface area contributed by atoms with E-state index >= 15 is 0 Å². The molecule has 0 unspecified atom stereocenters. The highest BCUT2D eigenvalue weighted by Gasteiger charge is 2.31. The fourth-order valence-electron chi connectivity index (χ4n) is 4.12. The Balaban J connectivity index is 1.42. The van der Waals surface area contributed by atoms with E-state index in [0.717, 1.165) is 84.5 Å². The first-order valence-electron chi connectivity index (χ1n) is 9.61. The number of hydrogen-bond donors (Lipinski definition) is 0. The van der Waals surface area contributed by atoms with Gasteiger partial charge in [-0.1, -0.05) is 0 Å². The third-order valence-electron chi connectivity index (χ3n) is 5.79. The number of likely N-dealkylation sites (tertiary alicyclic amines) is 2. The lowest BCUT2D eigenvalue weighted by Crippen LogP contribution is -2.47. The summed E-state index contributed by atoms with van der Waals surface area (Å²) in [5.74, 6) is 0.709. The Morgan fingerprint density at radius 1 is 0.792 bits per heavy atom. The molecule has 6 nitrogen and oxygen atoms in total. The topological polar surface area (TPSA) is 47.1 Å². The van der Waals surface area contributed by atoms with Crippen molar-refractivity contribution in [3.63, 3.8) is 0 Å². The Hall–Kier alpha value is -1.14. The molecule has 0 aromatic carbocycles. The van der Waals surface area contributed by atoms with Gasteiger partial charge in [-0.15, -0.1) is 0 Å². The lowest BCUT2D eigenvalue weighted by atomic mass is 9.95. The summed E-state index contributed by atoms with van der Waals surface area (Å²) < 4.78 is 0. The van der Waals surface area contributed by atoms with Crippen LogP contribution in [-0.4, -0.2) is 97.4 Å². The highest BCUT2D eigenvalue weighted by molar-refractivity contribution is 5.81. The zero-order valence-electron chi connectivity index (χ0n) is 15.1. The zero-order valence-corrected chi connectivity index (χ0v) is 15.1. The van der Waals surface area contributed by atoms with E-state index in [4.69, 9.17) is 0 Å². The number of nitrogens with zero attached hydrogens (tertiary/aromatic N) is 4.